The van der Waals surface area contributed by atoms with Gasteiger partial charge in [-0.25, -0.2) is 0 Å². The minimum atomic E-state index is -0.344. The highest BCUT2D eigenvalue weighted by atomic mass is 16.3. The highest BCUT2D eigenvalue weighted by Crippen LogP contribution is 2.26. The van der Waals surface area contributed by atoms with Crippen molar-refractivity contribution < 1.29 is 9.90 Å². The monoisotopic (exact) mass is 262 g/mol. The maximum atomic E-state index is 12.3. The van der Waals surface area contributed by atoms with E-state index in [1.54, 1.807) is 18.2 Å². The average Bonchev–Trinajstić information content (AvgIpc) is 2.75. The molecule has 3 nitrogen and oxygen atoms in total. The van der Waals surface area contributed by atoms with Crippen molar-refractivity contribution in [2.45, 2.75) is 0 Å². The van der Waals surface area contributed by atoms with Crippen LogP contribution >= 0.6 is 0 Å². The van der Waals surface area contributed by atoms with Crippen LogP contribution in [-0.2, 0) is 4.79 Å². The van der Waals surface area contributed by atoms with Crippen LogP contribution in [0.15, 0.2) is 72.1 Å². The van der Waals surface area contributed by atoms with Gasteiger partial charge in [-0.05, 0) is 17.2 Å². The first-order valence-electron chi connectivity index (χ1n) is 6.31. The molecule has 0 aliphatic carbocycles. The Kier molecular flexibility index (Phi) is 3.09. The second-order valence-electron chi connectivity index (χ2n) is 4.49. The highest BCUT2D eigenvalue weighted by Gasteiger charge is 2.22. The molecule has 0 saturated heterocycles. The number of benzene rings is 2. The Morgan fingerprint density at radius 2 is 1.50 bits per heavy atom. The summed E-state index contributed by atoms with van der Waals surface area (Å²) in [6.45, 7) is 0. The summed E-state index contributed by atoms with van der Waals surface area (Å²) in [6.07, 6.45) is 1.69. The lowest BCUT2D eigenvalue weighted by molar-refractivity contribution is -0.295. The second-order valence-corrected chi connectivity index (χ2v) is 4.49. The molecule has 1 aliphatic rings. The maximum Gasteiger partial charge on any atom is 0.255 e. The summed E-state index contributed by atoms with van der Waals surface area (Å²) in [6, 6.07) is 18.4. The number of hydrogen-bond donors (Lipinski definition) is 1. The van der Waals surface area contributed by atoms with Crippen molar-refractivity contribution in [3.8, 4) is 0 Å². The van der Waals surface area contributed by atoms with E-state index in [0.717, 1.165) is 5.56 Å². The lowest BCUT2D eigenvalue weighted by atomic mass is 10.1. The Morgan fingerprint density at radius 1 is 0.900 bits per heavy atom. The Balaban J connectivity index is 2.03. The van der Waals surface area contributed by atoms with Crippen LogP contribution in [0.3, 0.4) is 0 Å². The lowest BCUT2D eigenvalue weighted by Crippen LogP contribution is -2.16. The topological polar surface area (TPSA) is 52.2 Å². The molecule has 2 aromatic carbocycles. The molecule has 0 unspecified atom stereocenters. The fraction of sp³-hybridized carbons (Fsp3) is 0. The van der Waals surface area contributed by atoms with Gasteiger partial charge in [-0.3, -0.25) is 4.79 Å². The Morgan fingerprint density at radius 3 is 2.15 bits per heavy atom. The van der Waals surface area contributed by atoms with Gasteiger partial charge in [-0.15, -0.1) is 0 Å². The summed E-state index contributed by atoms with van der Waals surface area (Å²) in [7, 11) is 0. The van der Waals surface area contributed by atoms with Gasteiger partial charge >= 0.3 is 0 Å². The molecule has 3 heteroatoms. The van der Waals surface area contributed by atoms with Gasteiger partial charge in [-0.2, -0.15) is 0 Å². The largest absolute Gasteiger partial charge is 0.871 e. The summed E-state index contributed by atoms with van der Waals surface area (Å²) in [5.41, 5.74) is 2.05. The summed E-state index contributed by atoms with van der Waals surface area (Å²) in [5.74, 6) is -0.603. The van der Waals surface area contributed by atoms with Crippen molar-refractivity contribution in [1.29, 1.82) is 0 Å². The average molecular weight is 262 g/mol. The Bertz CT molecular complexity index is 700. The number of nitrogens with one attached hydrogen (secondary N) is 1. The summed E-state index contributed by atoms with van der Waals surface area (Å²) in [4.78, 5) is 12.0. The molecule has 0 bridgehead atoms. The van der Waals surface area contributed by atoms with Crippen molar-refractivity contribution in [3.63, 3.8) is 0 Å². The number of hydrogen-bond acceptors (Lipinski definition) is 2. The molecular formula is C17H12NO2-. The van der Waals surface area contributed by atoms with Gasteiger partial charge in [-0.1, -0.05) is 66.4 Å². The summed E-state index contributed by atoms with van der Waals surface area (Å²) in [5, 5.41) is 15.0. The van der Waals surface area contributed by atoms with Crippen LogP contribution in [0, 0.1) is 0 Å². The van der Waals surface area contributed by atoms with Crippen molar-refractivity contribution >= 4 is 17.6 Å². The maximum absolute atomic E-state index is 12.3. The van der Waals surface area contributed by atoms with Crippen molar-refractivity contribution in [2.24, 2.45) is 0 Å². The van der Waals surface area contributed by atoms with Crippen LogP contribution in [0.25, 0.3) is 11.6 Å². The van der Waals surface area contributed by atoms with Crippen LogP contribution in [0.4, 0.5) is 0 Å². The molecule has 0 spiro atoms. The molecule has 3 rings (SSSR count). The smallest absolute Gasteiger partial charge is 0.255 e. The van der Waals surface area contributed by atoms with E-state index in [-0.39, 0.29) is 17.2 Å². The molecule has 1 aliphatic heterocycles. The minimum absolute atomic E-state index is 0.202. The van der Waals surface area contributed by atoms with Crippen molar-refractivity contribution in [2.75, 3.05) is 0 Å². The fourth-order valence-electron chi connectivity index (χ4n) is 2.16. The predicted molar refractivity (Wildman–Crippen MR) is 75.9 cm³/mol. The van der Waals surface area contributed by atoms with Crippen LogP contribution in [0.1, 0.15) is 11.1 Å². The molecule has 0 radical (unpaired) electrons. The third-order valence-corrected chi connectivity index (χ3v) is 3.12. The third kappa shape index (κ3) is 2.21. The molecule has 20 heavy (non-hydrogen) atoms. The number of carbonyl (C=O) groups excluding carboxylic acids is 1. The van der Waals surface area contributed by atoms with Gasteiger partial charge in [0.2, 0.25) is 0 Å². The van der Waals surface area contributed by atoms with E-state index >= 15 is 0 Å². The first-order valence-corrected chi connectivity index (χ1v) is 6.31. The molecule has 1 N–H and O–H groups in total. The van der Waals surface area contributed by atoms with Gasteiger partial charge in [0.15, 0.2) is 0 Å². The number of carbonyl (C=O) groups is 1. The molecule has 1 heterocycles. The van der Waals surface area contributed by atoms with E-state index in [2.05, 4.69) is 5.32 Å². The fourth-order valence-corrected chi connectivity index (χ4v) is 2.16. The van der Waals surface area contributed by atoms with Gasteiger partial charge in [0.25, 0.3) is 5.91 Å². The molecular weight excluding hydrogens is 250 g/mol. The molecule has 2 aromatic rings. The second kappa shape index (κ2) is 5.05. The first kappa shape index (κ1) is 12.2. The van der Waals surface area contributed by atoms with Gasteiger partial charge in [0.05, 0.1) is 0 Å². The standard InChI is InChI=1S/C17H13NO2/c19-16-14(11-12-7-3-1-4-8-12)18-17(20)15(16)13-9-5-2-6-10-13/h1-11,19H,(H,18,20)/p-1/b14-11+. The molecule has 0 saturated carbocycles. The number of rotatable bonds is 2. The quantitative estimate of drug-likeness (QED) is 0.899. The zero-order valence-corrected chi connectivity index (χ0v) is 10.7. The lowest BCUT2D eigenvalue weighted by Gasteiger charge is -2.10. The summed E-state index contributed by atoms with van der Waals surface area (Å²) >= 11 is 0. The minimum Gasteiger partial charge on any atom is -0.871 e. The van der Waals surface area contributed by atoms with Crippen LogP contribution in [0.2, 0.25) is 0 Å². The summed E-state index contributed by atoms with van der Waals surface area (Å²) < 4.78 is 0. The van der Waals surface area contributed by atoms with E-state index in [1.807, 2.05) is 48.5 Å². The molecule has 0 aromatic heterocycles. The van der Waals surface area contributed by atoms with Gasteiger partial charge in [0.1, 0.15) is 0 Å². The third-order valence-electron chi connectivity index (χ3n) is 3.12. The van der Waals surface area contributed by atoms with Crippen molar-refractivity contribution in [1.82, 2.24) is 5.32 Å². The molecule has 0 fully saturated rings. The van der Waals surface area contributed by atoms with E-state index < -0.39 is 0 Å². The van der Waals surface area contributed by atoms with E-state index in [1.165, 1.54) is 0 Å². The zero-order valence-electron chi connectivity index (χ0n) is 10.7. The molecule has 98 valence electrons. The van der Waals surface area contributed by atoms with Crippen LogP contribution in [-0.4, -0.2) is 5.91 Å². The van der Waals surface area contributed by atoms with E-state index in [9.17, 15) is 9.90 Å². The van der Waals surface area contributed by atoms with Crippen LogP contribution in [0.5, 0.6) is 0 Å². The van der Waals surface area contributed by atoms with Gasteiger partial charge < -0.3 is 10.4 Å². The predicted octanol–water partition coefficient (Wildman–Crippen LogP) is 1.93. The van der Waals surface area contributed by atoms with Crippen molar-refractivity contribution in [3.05, 3.63) is 83.2 Å². The molecule has 0 atom stereocenters. The normalized spacial score (nSPS) is 16.6. The van der Waals surface area contributed by atoms with Crippen LogP contribution < -0.4 is 10.4 Å². The number of amides is 1. The Hall–Kier alpha value is -2.81. The van der Waals surface area contributed by atoms with E-state index in [4.69, 9.17) is 0 Å². The molecule has 1 amide bonds. The van der Waals surface area contributed by atoms with E-state index in [0.29, 0.717) is 11.3 Å². The highest BCUT2D eigenvalue weighted by molar-refractivity contribution is 6.24. The first-order chi connectivity index (χ1) is 9.75. The van der Waals surface area contributed by atoms with Gasteiger partial charge in [0, 0.05) is 11.3 Å². The zero-order chi connectivity index (χ0) is 13.9. The SMILES string of the molecule is O=C1N/C(=C/c2ccccc2)C([O-])=C1c1ccccc1. The Labute approximate surface area is 116 Å².